The second-order valence-electron chi connectivity index (χ2n) is 8.01. The van der Waals surface area contributed by atoms with Crippen LogP contribution < -0.4 is 0 Å². The first-order chi connectivity index (χ1) is 13.6. The van der Waals surface area contributed by atoms with Crippen molar-refractivity contribution in [3.8, 4) is 0 Å². The molecule has 0 aliphatic carbocycles. The van der Waals surface area contributed by atoms with Crippen molar-refractivity contribution in [2.45, 2.75) is 63.3 Å². The fraction of sp³-hybridized carbons (Fsp3) is 0.500. The molecule has 2 aliphatic rings. The lowest BCUT2D eigenvalue weighted by atomic mass is 9.85. The lowest BCUT2D eigenvalue weighted by Crippen LogP contribution is -2.54. The number of aromatic nitrogens is 4. The Bertz CT molecular complexity index is 1010. The standard InChI is InChI=1S/C20H23N5O2S/c1-2-16-18(28-23-22-16)19(26)25-14-3-4-15(25)10-20(27,9-14)12-24-8-6-13-5-7-21-11-17(13)24/h5-8,11,14-15,27H,2-4,9-10,12H2,1H3. The SMILES string of the molecule is CCc1nnsc1C(=O)N1C2CCC1CC(O)(Cn1ccc3ccncc31)C2. The Morgan fingerprint density at radius 1 is 1.32 bits per heavy atom. The minimum Gasteiger partial charge on any atom is -0.388 e. The van der Waals surface area contributed by atoms with E-state index in [1.165, 1.54) is 11.5 Å². The van der Waals surface area contributed by atoms with Gasteiger partial charge < -0.3 is 14.6 Å². The summed E-state index contributed by atoms with van der Waals surface area (Å²) in [5.74, 6) is 0.0389. The molecule has 3 aromatic heterocycles. The lowest BCUT2D eigenvalue weighted by Gasteiger charge is -2.44. The van der Waals surface area contributed by atoms with Crippen LogP contribution in [0, 0.1) is 0 Å². The third-order valence-corrected chi connectivity index (χ3v) is 6.97. The minimum atomic E-state index is -0.816. The molecule has 8 heteroatoms. The molecule has 0 aromatic carbocycles. The molecule has 3 aromatic rings. The molecular weight excluding hydrogens is 374 g/mol. The molecule has 0 radical (unpaired) electrons. The van der Waals surface area contributed by atoms with Crippen LogP contribution in [-0.2, 0) is 13.0 Å². The Hall–Kier alpha value is -2.32. The number of carbonyl (C=O) groups excluding carboxylic acids is 1. The number of pyridine rings is 1. The minimum absolute atomic E-state index is 0.0389. The summed E-state index contributed by atoms with van der Waals surface area (Å²) in [6.07, 6.45) is 9.44. The summed E-state index contributed by atoms with van der Waals surface area (Å²) in [5, 5.41) is 16.6. The summed E-state index contributed by atoms with van der Waals surface area (Å²) in [7, 11) is 0. The molecule has 5 heterocycles. The normalized spacial score (nSPS) is 26.9. The third-order valence-electron chi connectivity index (χ3n) is 6.21. The monoisotopic (exact) mass is 397 g/mol. The Kier molecular flexibility index (Phi) is 4.21. The van der Waals surface area contributed by atoms with Gasteiger partial charge in [-0.1, -0.05) is 11.4 Å². The number of piperidine rings is 1. The van der Waals surface area contributed by atoms with Crippen LogP contribution in [0.4, 0.5) is 0 Å². The summed E-state index contributed by atoms with van der Waals surface area (Å²) in [4.78, 5) is 20.0. The maximum Gasteiger partial charge on any atom is 0.268 e. The highest BCUT2D eigenvalue weighted by molar-refractivity contribution is 7.08. The summed E-state index contributed by atoms with van der Waals surface area (Å²) < 4.78 is 6.06. The van der Waals surface area contributed by atoms with Gasteiger partial charge in [0.15, 0.2) is 0 Å². The van der Waals surface area contributed by atoms with Gasteiger partial charge in [-0.25, -0.2) is 0 Å². The second-order valence-corrected chi connectivity index (χ2v) is 8.76. The predicted molar refractivity (Wildman–Crippen MR) is 106 cm³/mol. The van der Waals surface area contributed by atoms with Crippen molar-refractivity contribution in [2.75, 3.05) is 0 Å². The third kappa shape index (κ3) is 2.82. The zero-order valence-corrected chi connectivity index (χ0v) is 16.6. The number of aliphatic hydroxyl groups is 1. The molecule has 2 aliphatic heterocycles. The van der Waals surface area contributed by atoms with Crippen LogP contribution in [0.2, 0.25) is 0 Å². The maximum atomic E-state index is 13.2. The van der Waals surface area contributed by atoms with Gasteiger partial charge in [-0.2, -0.15) is 0 Å². The topological polar surface area (TPSA) is 84.1 Å². The lowest BCUT2D eigenvalue weighted by molar-refractivity contribution is -0.0532. The van der Waals surface area contributed by atoms with Crippen LogP contribution in [-0.4, -0.2) is 52.7 Å². The van der Waals surface area contributed by atoms with E-state index in [0.717, 1.165) is 29.4 Å². The number of carbonyl (C=O) groups is 1. The molecule has 2 bridgehead atoms. The number of hydrogen-bond donors (Lipinski definition) is 1. The first kappa shape index (κ1) is 17.8. The van der Waals surface area contributed by atoms with Crippen LogP contribution in [0.25, 0.3) is 10.9 Å². The van der Waals surface area contributed by atoms with Crippen LogP contribution in [0.3, 0.4) is 0 Å². The predicted octanol–water partition coefficient (Wildman–Crippen LogP) is 2.65. The van der Waals surface area contributed by atoms with E-state index in [2.05, 4.69) is 25.2 Å². The summed E-state index contributed by atoms with van der Waals surface area (Å²) in [5.41, 5.74) is 0.996. The Labute approximate surface area is 167 Å². The van der Waals surface area contributed by atoms with Crippen molar-refractivity contribution in [3.05, 3.63) is 41.3 Å². The Morgan fingerprint density at radius 2 is 2.11 bits per heavy atom. The zero-order chi connectivity index (χ0) is 19.3. The quantitative estimate of drug-likeness (QED) is 0.732. The molecule has 1 N–H and O–H groups in total. The van der Waals surface area contributed by atoms with Crippen molar-refractivity contribution in [2.24, 2.45) is 0 Å². The van der Waals surface area contributed by atoms with E-state index in [4.69, 9.17) is 0 Å². The van der Waals surface area contributed by atoms with Gasteiger partial charge in [0.05, 0.1) is 29.6 Å². The number of nitrogens with zero attached hydrogens (tertiary/aromatic N) is 5. The molecular formula is C20H23N5O2S. The highest BCUT2D eigenvalue weighted by Crippen LogP contribution is 2.43. The second kappa shape index (κ2) is 6.63. The van der Waals surface area contributed by atoms with E-state index in [1.807, 2.05) is 30.3 Å². The van der Waals surface area contributed by atoms with E-state index < -0.39 is 5.60 Å². The van der Waals surface area contributed by atoms with Gasteiger partial charge in [0.1, 0.15) is 4.88 Å². The van der Waals surface area contributed by atoms with Gasteiger partial charge in [-0.15, -0.1) is 5.10 Å². The highest BCUT2D eigenvalue weighted by Gasteiger charge is 2.50. The average Bonchev–Trinajstić information content (AvgIpc) is 3.39. The van der Waals surface area contributed by atoms with E-state index >= 15 is 0 Å². The molecule has 28 heavy (non-hydrogen) atoms. The number of rotatable bonds is 4. The van der Waals surface area contributed by atoms with Crippen molar-refractivity contribution in [1.82, 2.24) is 24.0 Å². The van der Waals surface area contributed by atoms with Gasteiger partial charge in [0.25, 0.3) is 5.91 Å². The van der Waals surface area contributed by atoms with Crippen LogP contribution >= 0.6 is 11.5 Å². The molecule has 2 fully saturated rings. The van der Waals surface area contributed by atoms with Gasteiger partial charge in [-0.3, -0.25) is 9.78 Å². The number of amides is 1. The first-order valence-corrected chi connectivity index (χ1v) is 10.6. The fourth-order valence-corrected chi connectivity index (χ4v) is 5.68. The number of fused-ring (bicyclic) bond motifs is 3. The van der Waals surface area contributed by atoms with E-state index in [1.54, 1.807) is 6.20 Å². The highest BCUT2D eigenvalue weighted by atomic mass is 32.1. The first-order valence-electron chi connectivity index (χ1n) is 9.83. The molecule has 0 spiro atoms. The van der Waals surface area contributed by atoms with Crippen LogP contribution in [0.5, 0.6) is 0 Å². The molecule has 5 rings (SSSR count). The van der Waals surface area contributed by atoms with Crippen molar-refractivity contribution in [1.29, 1.82) is 0 Å². The molecule has 7 nitrogen and oxygen atoms in total. The van der Waals surface area contributed by atoms with E-state index in [0.29, 0.717) is 30.7 Å². The zero-order valence-electron chi connectivity index (χ0n) is 15.8. The van der Waals surface area contributed by atoms with Crippen molar-refractivity contribution in [3.63, 3.8) is 0 Å². The summed E-state index contributed by atoms with van der Waals surface area (Å²) in [6.45, 7) is 2.52. The van der Waals surface area contributed by atoms with E-state index in [9.17, 15) is 9.90 Å². The van der Waals surface area contributed by atoms with Crippen molar-refractivity contribution >= 4 is 28.3 Å². The molecule has 0 saturated carbocycles. The molecule has 146 valence electrons. The molecule has 1 amide bonds. The van der Waals surface area contributed by atoms with Gasteiger partial charge in [0, 0.05) is 29.9 Å². The summed E-state index contributed by atoms with van der Waals surface area (Å²) in [6, 6.07) is 4.18. The Balaban J connectivity index is 1.38. The molecule has 2 saturated heterocycles. The maximum absolute atomic E-state index is 13.2. The van der Waals surface area contributed by atoms with Crippen molar-refractivity contribution < 1.29 is 9.90 Å². The Morgan fingerprint density at radius 3 is 2.86 bits per heavy atom. The molecule has 2 atom stereocenters. The van der Waals surface area contributed by atoms with Gasteiger partial charge in [-0.05, 0) is 55.8 Å². The number of hydrogen-bond acceptors (Lipinski definition) is 6. The van der Waals surface area contributed by atoms with Gasteiger partial charge in [0.2, 0.25) is 0 Å². The van der Waals surface area contributed by atoms with Gasteiger partial charge >= 0.3 is 0 Å². The van der Waals surface area contributed by atoms with E-state index in [-0.39, 0.29) is 18.0 Å². The molecule has 2 unspecified atom stereocenters. The van der Waals surface area contributed by atoms with Crippen LogP contribution in [0.1, 0.15) is 48.0 Å². The average molecular weight is 398 g/mol. The van der Waals surface area contributed by atoms with Crippen LogP contribution in [0.15, 0.2) is 30.7 Å². The smallest absolute Gasteiger partial charge is 0.268 e. The summed E-state index contributed by atoms with van der Waals surface area (Å²) >= 11 is 1.19. The fourth-order valence-electron chi connectivity index (χ4n) is 4.99. The largest absolute Gasteiger partial charge is 0.388 e. The number of aryl methyl sites for hydroxylation is 1.